The first-order valence-electron chi connectivity index (χ1n) is 7.34. The topological polar surface area (TPSA) is 12.0 Å². The maximum atomic E-state index is 13.2. The van der Waals surface area contributed by atoms with Gasteiger partial charge in [-0.1, -0.05) is 48.9 Å². The lowest BCUT2D eigenvalue weighted by atomic mass is 9.96. The van der Waals surface area contributed by atoms with Crippen LogP contribution in [0.15, 0.2) is 42.5 Å². The Bertz CT molecular complexity index is 598. The van der Waals surface area contributed by atoms with Gasteiger partial charge in [-0.05, 0) is 55.1 Å². The van der Waals surface area contributed by atoms with Crippen LogP contribution in [0.4, 0.5) is 4.39 Å². The smallest absolute Gasteiger partial charge is 0.124 e. The lowest BCUT2D eigenvalue weighted by Gasteiger charge is -2.21. The van der Waals surface area contributed by atoms with E-state index in [0.29, 0.717) is 5.02 Å². The first-order chi connectivity index (χ1) is 10.1. The van der Waals surface area contributed by atoms with Crippen molar-refractivity contribution in [1.29, 1.82) is 0 Å². The molecule has 0 aliphatic carbocycles. The van der Waals surface area contributed by atoms with Crippen LogP contribution in [-0.2, 0) is 6.42 Å². The summed E-state index contributed by atoms with van der Waals surface area (Å²) < 4.78 is 13.2. The first-order valence-corrected chi connectivity index (χ1v) is 7.72. The third-order valence-corrected chi connectivity index (χ3v) is 3.99. The highest BCUT2D eigenvalue weighted by atomic mass is 35.5. The van der Waals surface area contributed by atoms with Gasteiger partial charge in [0.2, 0.25) is 0 Å². The average Bonchev–Trinajstić information content (AvgIpc) is 2.46. The molecule has 1 unspecified atom stereocenters. The standard InChI is InChI=1S/C18H21ClFN/c1-3-10-21-18(11-14-7-5-4-6-13(14)2)16-9-8-15(20)12-17(16)19/h4-9,12,18,21H,3,10-11H2,1-2H3. The Hall–Kier alpha value is -1.38. The van der Waals surface area contributed by atoms with Crippen molar-refractivity contribution in [2.75, 3.05) is 6.54 Å². The van der Waals surface area contributed by atoms with Gasteiger partial charge >= 0.3 is 0 Å². The summed E-state index contributed by atoms with van der Waals surface area (Å²) in [7, 11) is 0. The second-order valence-corrected chi connectivity index (χ2v) is 5.71. The molecular weight excluding hydrogens is 285 g/mol. The molecule has 112 valence electrons. The van der Waals surface area contributed by atoms with Crippen molar-refractivity contribution in [1.82, 2.24) is 5.32 Å². The van der Waals surface area contributed by atoms with E-state index in [9.17, 15) is 4.39 Å². The van der Waals surface area contributed by atoms with E-state index in [2.05, 4.69) is 31.3 Å². The summed E-state index contributed by atoms with van der Waals surface area (Å²) in [6.07, 6.45) is 1.89. The third-order valence-electron chi connectivity index (χ3n) is 3.66. The van der Waals surface area contributed by atoms with Gasteiger partial charge in [0.15, 0.2) is 0 Å². The molecule has 2 aromatic rings. The normalized spacial score (nSPS) is 12.4. The summed E-state index contributed by atoms with van der Waals surface area (Å²) >= 11 is 6.23. The Labute approximate surface area is 131 Å². The van der Waals surface area contributed by atoms with E-state index in [0.717, 1.165) is 24.9 Å². The number of nitrogens with one attached hydrogen (secondary N) is 1. The average molecular weight is 306 g/mol. The quantitative estimate of drug-likeness (QED) is 0.785. The highest BCUT2D eigenvalue weighted by Gasteiger charge is 2.16. The molecule has 0 saturated heterocycles. The van der Waals surface area contributed by atoms with Gasteiger partial charge in [0.05, 0.1) is 0 Å². The van der Waals surface area contributed by atoms with Gasteiger partial charge in [-0.25, -0.2) is 4.39 Å². The third kappa shape index (κ3) is 4.29. The van der Waals surface area contributed by atoms with Crippen molar-refractivity contribution in [3.8, 4) is 0 Å². The molecule has 0 aromatic heterocycles. The van der Waals surface area contributed by atoms with E-state index in [1.165, 1.54) is 23.3 Å². The lowest BCUT2D eigenvalue weighted by molar-refractivity contribution is 0.527. The number of hydrogen-bond donors (Lipinski definition) is 1. The van der Waals surface area contributed by atoms with E-state index < -0.39 is 0 Å². The molecule has 3 heteroatoms. The molecule has 0 radical (unpaired) electrons. The summed E-state index contributed by atoms with van der Waals surface area (Å²) in [5.41, 5.74) is 3.50. The second kappa shape index (κ2) is 7.58. The zero-order chi connectivity index (χ0) is 15.2. The summed E-state index contributed by atoms with van der Waals surface area (Å²) in [6, 6.07) is 13.1. The van der Waals surface area contributed by atoms with Crippen molar-refractivity contribution in [2.24, 2.45) is 0 Å². The highest BCUT2D eigenvalue weighted by molar-refractivity contribution is 6.31. The van der Waals surface area contributed by atoms with Crippen LogP contribution in [0.1, 0.15) is 36.1 Å². The number of halogens is 2. The maximum Gasteiger partial charge on any atom is 0.124 e. The fraction of sp³-hybridized carbons (Fsp3) is 0.333. The zero-order valence-electron chi connectivity index (χ0n) is 12.5. The molecule has 1 N–H and O–H groups in total. The maximum absolute atomic E-state index is 13.2. The van der Waals surface area contributed by atoms with Crippen LogP contribution in [0.3, 0.4) is 0 Å². The zero-order valence-corrected chi connectivity index (χ0v) is 13.3. The molecule has 0 fully saturated rings. The van der Waals surface area contributed by atoms with Crippen molar-refractivity contribution >= 4 is 11.6 Å². The van der Waals surface area contributed by atoms with Crippen molar-refractivity contribution in [3.63, 3.8) is 0 Å². The molecule has 0 aliphatic heterocycles. The molecule has 0 spiro atoms. The lowest BCUT2D eigenvalue weighted by Crippen LogP contribution is -2.24. The Kier molecular flexibility index (Phi) is 5.77. The van der Waals surface area contributed by atoms with Gasteiger partial charge in [0, 0.05) is 11.1 Å². The summed E-state index contributed by atoms with van der Waals surface area (Å²) in [4.78, 5) is 0. The summed E-state index contributed by atoms with van der Waals surface area (Å²) in [5.74, 6) is -0.297. The van der Waals surface area contributed by atoms with Crippen molar-refractivity contribution in [3.05, 3.63) is 70.0 Å². The molecule has 21 heavy (non-hydrogen) atoms. The van der Waals surface area contributed by atoms with Gasteiger partial charge in [-0.2, -0.15) is 0 Å². The van der Waals surface area contributed by atoms with E-state index in [-0.39, 0.29) is 11.9 Å². The van der Waals surface area contributed by atoms with Crippen molar-refractivity contribution in [2.45, 2.75) is 32.7 Å². The molecule has 0 heterocycles. The molecule has 0 bridgehead atoms. The van der Waals surface area contributed by atoms with Gasteiger partial charge in [-0.3, -0.25) is 0 Å². The Balaban J connectivity index is 2.27. The Morgan fingerprint density at radius 1 is 1.19 bits per heavy atom. The Morgan fingerprint density at radius 2 is 1.95 bits per heavy atom. The van der Waals surface area contributed by atoms with Crippen LogP contribution in [0.2, 0.25) is 5.02 Å². The molecule has 1 nitrogen and oxygen atoms in total. The minimum absolute atomic E-state index is 0.0964. The highest BCUT2D eigenvalue weighted by Crippen LogP contribution is 2.27. The van der Waals surface area contributed by atoms with Crippen LogP contribution < -0.4 is 5.32 Å². The van der Waals surface area contributed by atoms with Crippen LogP contribution in [0.5, 0.6) is 0 Å². The number of benzene rings is 2. The molecule has 2 aromatic carbocycles. The largest absolute Gasteiger partial charge is 0.310 e. The predicted molar refractivity (Wildman–Crippen MR) is 87.3 cm³/mol. The second-order valence-electron chi connectivity index (χ2n) is 5.30. The van der Waals surface area contributed by atoms with Gasteiger partial charge < -0.3 is 5.32 Å². The van der Waals surface area contributed by atoms with E-state index in [1.54, 1.807) is 6.07 Å². The molecule has 1 atom stereocenters. The van der Waals surface area contributed by atoms with Gasteiger partial charge in [-0.15, -0.1) is 0 Å². The Morgan fingerprint density at radius 3 is 2.62 bits per heavy atom. The van der Waals surface area contributed by atoms with Crippen LogP contribution in [0.25, 0.3) is 0 Å². The van der Waals surface area contributed by atoms with Gasteiger partial charge in [0.1, 0.15) is 5.82 Å². The fourth-order valence-corrected chi connectivity index (χ4v) is 2.75. The van der Waals surface area contributed by atoms with E-state index in [1.807, 2.05) is 12.1 Å². The number of rotatable bonds is 6. The van der Waals surface area contributed by atoms with Crippen LogP contribution >= 0.6 is 11.6 Å². The van der Waals surface area contributed by atoms with Gasteiger partial charge in [0.25, 0.3) is 0 Å². The SMILES string of the molecule is CCCNC(Cc1ccccc1C)c1ccc(F)cc1Cl. The number of hydrogen-bond acceptors (Lipinski definition) is 1. The molecule has 0 aliphatic rings. The van der Waals surface area contributed by atoms with E-state index in [4.69, 9.17) is 11.6 Å². The fourth-order valence-electron chi connectivity index (χ4n) is 2.45. The minimum atomic E-state index is -0.297. The molecular formula is C18H21ClFN. The molecule has 2 rings (SSSR count). The molecule has 0 saturated carbocycles. The predicted octanol–water partition coefficient (Wildman–Crippen LogP) is 5.07. The van der Waals surface area contributed by atoms with E-state index >= 15 is 0 Å². The number of aryl methyl sites for hydroxylation is 1. The monoisotopic (exact) mass is 305 g/mol. The first kappa shape index (κ1) is 16.0. The summed E-state index contributed by atoms with van der Waals surface area (Å²) in [6.45, 7) is 5.15. The minimum Gasteiger partial charge on any atom is -0.310 e. The summed E-state index contributed by atoms with van der Waals surface area (Å²) in [5, 5.41) is 4.00. The van der Waals surface area contributed by atoms with Crippen LogP contribution in [-0.4, -0.2) is 6.54 Å². The van der Waals surface area contributed by atoms with Crippen molar-refractivity contribution < 1.29 is 4.39 Å². The molecule has 0 amide bonds. The van der Waals surface area contributed by atoms with Crippen LogP contribution in [0, 0.1) is 12.7 Å².